The molecule has 1 N–H and O–H groups in total. The van der Waals surface area contributed by atoms with Gasteiger partial charge in [-0.25, -0.2) is 0 Å². The Kier molecular flexibility index (Phi) is 7.38. The number of benzene rings is 2. The first-order valence-electron chi connectivity index (χ1n) is 14.6. The van der Waals surface area contributed by atoms with Crippen LogP contribution in [0.25, 0.3) is 16.8 Å². The predicted octanol–water partition coefficient (Wildman–Crippen LogP) is 5.85. The normalized spacial score (nSPS) is 14.7. The van der Waals surface area contributed by atoms with Crippen molar-refractivity contribution < 1.29 is 4.92 Å². The fraction of sp³-hybridized carbons (Fsp3) is 0.419. The van der Waals surface area contributed by atoms with E-state index in [2.05, 4.69) is 67.6 Å². The van der Waals surface area contributed by atoms with Crippen LogP contribution in [0.15, 0.2) is 59.9 Å². The van der Waals surface area contributed by atoms with E-state index < -0.39 is 0 Å². The van der Waals surface area contributed by atoms with Gasteiger partial charge in [-0.05, 0) is 62.4 Å². The molecule has 0 unspecified atom stereocenters. The Morgan fingerprint density at radius 2 is 1.68 bits per heavy atom. The van der Waals surface area contributed by atoms with Crippen LogP contribution in [-0.4, -0.2) is 48.3 Å². The van der Waals surface area contributed by atoms with Crippen LogP contribution in [0.3, 0.4) is 0 Å². The maximum atomic E-state index is 10.4. The molecule has 2 aromatic heterocycles. The summed E-state index contributed by atoms with van der Waals surface area (Å²) in [6.45, 7) is 3.00. The van der Waals surface area contributed by atoms with Crippen molar-refractivity contribution in [1.82, 2.24) is 24.5 Å². The highest BCUT2D eigenvalue weighted by molar-refractivity contribution is 6.16. The molecular weight excluding hydrogens is 516 g/mol. The number of nitro groups is 1. The molecule has 1 aliphatic heterocycles. The van der Waals surface area contributed by atoms with Gasteiger partial charge in [0.15, 0.2) is 5.82 Å². The zero-order chi connectivity index (χ0) is 28.4. The van der Waals surface area contributed by atoms with E-state index in [1.165, 1.54) is 0 Å². The van der Waals surface area contributed by atoms with Crippen LogP contribution < -0.4 is 5.32 Å². The maximum Gasteiger partial charge on any atom is 0.203 e. The molecule has 3 heterocycles. The van der Waals surface area contributed by atoms with E-state index in [0.29, 0.717) is 6.42 Å². The number of aromatic nitrogens is 5. The molecular formula is C31H36N8O2. The monoisotopic (exact) mass is 552 g/mol. The average molecular weight is 553 g/mol. The number of aryl methyl sites for hydroxylation is 2. The second kappa shape index (κ2) is 11.3. The van der Waals surface area contributed by atoms with Gasteiger partial charge in [0.1, 0.15) is 11.4 Å². The lowest BCUT2D eigenvalue weighted by molar-refractivity contribution is -0.480. The van der Waals surface area contributed by atoms with Gasteiger partial charge in [-0.1, -0.05) is 37.5 Å². The van der Waals surface area contributed by atoms with Gasteiger partial charge in [0.25, 0.3) is 0 Å². The quantitative estimate of drug-likeness (QED) is 0.134. The van der Waals surface area contributed by atoms with Gasteiger partial charge in [-0.3, -0.25) is 24.4 Å². The van der Waals surface area contributed by atoms with E-state index in [9.17, 15) is 10.1 Å². The number of aliphatic imine (C=N–C) groups is 1. The Labute approximate surface area is 239 Å². The van der Waals surface area contributed by atoms with Gasteiger partial charge in [0, 0.05) is 53.5 Å². The molecule has 1 aliphatic carbocycles. The molecule has 0 atom stereocenters. The molecule has 10 heteroatoms. The number of hydrogen-bond donors (Lipinski definition) is 1. The molecule has 2 aromatic carbocycles. The number of anilines is 1. The fourth-order valence-electron chi connectivity index (χ4n) is 5.67. The van der Waals surface area contributed by atoms with E-state index in [0.717, 1.165) is 102 Å². The van der Waals surface area contributed by atoms with Crippen molar-refractivity contribution in [2.75, 3.05) is 18.4 Å². The lowest BCUT2D eigenvalue weighted by Crippen LogP contribution is -2.11. The van der Waals surface area contributed by atoms with Crippen molar-refractivity contribution in [3.63, 3.8) is 0 Å². The fourth-order valence-corrected chi connectivity index (χ4v) is 5.67. The van der Waals surface area contributed by atoms with Crippen molar-refractivity contribution >= 4 is 11.4 Å². The van der Waals surface area contributed by atoms with E-state index in [-0.39, 0.29) is 17.0 Å². The smallest absolute Gasteiger partial charge is 0.203 e. The summed E-state index contributed by atoms with van der Waals surface area (Å²) in [6.07, 6.45) is 11.9. The number of unbranched alkanes of at least 4 members (excludes halogenated alkanes) is 5. The molecule has 10 nitrogen and oxygen atoms in total. The molecule has 0 radical (unpaired) electrons. The molecule has 41 heavy (non-hydrogen) atoms. The highest BCUT2D eigenvalue weighted by atomic mass is 16.6. The second-order valence-corrected chi connectivity index (χ2v) is 11.2. The van der Waals surface area contributed by atoms with E-state index in [1.807, 2.05) is 31.0 Å². The zero-order valence-electron chi connectivity index (χ0n) is 23.7. The lowest BCUT2D eigenvalue weighted by Gasteiger charge is -2.14. The van der Waals surface area contributed by atoms with Crippen LogP contribution >= 0.6 is 0 Å². The van der Waals surface area contributed by atoms with Crippen LogP contribution in [0.2, 0.25) is 0 Å². The van der Waals surface area contributed by atoms with Gasteiger partial charge < -0.3 is 5.32 Å². The average Bonchev–Trinajstić information content (AvgIpc) is 3.48. The molecule has 0 saturated heterocycles. The van der Waals surface area contributed by atoms with Crippen LogP contribution in [-0.2, 0) is 12.6 Å². The van der Waals surface area contributed by atoms with E-state index in [4.69, 9.17) is 4.99 Å². The first-order valence-corrected chi connectivity index (χ1v) is 14.6. The first kappa shape index (κ1) is 26.9. The van der Waals surface area contributed by atoms with Crippen molar-refractivity contribution in [2.24, 2.45) is 12.0 Å². The van der Waals surface area contributed by atoms with Crippen molar-refractivity contribution in [1.29, 1.82) is 0 Å². The summed E-state index contributed by atoms with van der Waals surface area (Å²) in [4.78, 5) is 15.6. The first-order chi connectivity index (χ1) is 19.9. The summed E-state index contributed by atoms with van der Waals surface area (Å²) < 4.78 is 4.01. The number of nitrogens with zero attached hydrogens (tertiary/aromatic N) is 7. The maximum absolute atomic E-state index is 10.4. The summed E-state index contributed by atoms with van der Waals surface area (Å²) in [5.41, 5.74) is 7.11. The Balaban J connectivity index is 1.20. The third-order valence-electron chi connectivity index (χ3n) is 8.08. The Morgan fingerprint density at radius 1 is 0.951 bits per heavy atom. The van der Waals surface area contributed by atoms with Gasteiger partial charge in [0.2, 0.25) is 6.54 Å². The molecule has 212 valence electrons. The predicted molar refractivity (Wildman–Crippen MR) is 159 cm³/mol. The Morgan fingerprint density at radius 3 is 2.39 bits per heavy atom. The third kappa shape index (κ3) is 5.64. The van der Waals surface area contributed by atoms with Gasteiger partial charge >= 0.3 is 0 Å². The lowest BCUT2D eigenvalue weighted by atomic mass is 9.96. The van der Waals surface area contributed by atoms with Gasteiger partial charge in [-0.2, -0.15) is 5.10 Å². The van der Waals surface area contributed by atoms with Crippen molar-refractivity contribution in [3.05, 3.63) is 87.7 Å². The van der Waals surface area contributed by atoms with E-state index in [1.54, 1.807) is 0 Å². The molecule has 1 fully saturated rings. The van der Waals surface area contributed by atoms with Crippen LogP contribution in [0.5, 0.6) is 0 Å². The summed E-state index contributed by atoms with van der Waals surface area (Å²) in [5.74, 6) is 1.80. The number of fused-ring (bicyclic) bond motifs is 4. The summed E-state index contributed by atoms with van der Waals surface area (Å²) >= 11 is 0. The van der Waals surface area contributed by atoms with Crippen molar-refractivity contribution in [3.8, 4) is 16.8 Å². The standard InChI is InChI=1S/C31H36N8O2/c1-22-35-36-30-31(15-16-31)34-29(27-19-24(11-14-28(27)39(22)30)25-20-33-37(2)21-25)23-9-12-26(13-10-23)32-17-7-5-3-4-6-8-18-38(40)41/h9-14,19-21,32H,3-8,15-18H2,1-2H3. The van der Waals surface area contributed by atoms with Gasteiger partial charge in [0.05, 0.1) is 17.6 Å². The minimum atomic E-state index is -0.329. The number of rotatable bonds is 12. The molecule has 4 aromatic rings. The topological polar surface area (TPSA) is 116 Å². The zero-order valence-corrected chi connectivity index (χ0v) is 23.7. The van der Waals surface area contributed by atoms with Crippen molar-refractivity contribution in [2.45, 2.75) is 63.8 Å². The highest BCUT2D eigenvalue weighted by Crippen LogP contribution is 2.51. The summed E-state index contributed by atoms with van der Waals surface area (Å²) in [6, 6.07) is 15.1. The van der Waals surface area contributed by atoms with Gasteiger partial charge in [-0.15, -0.1) is 10.2 Å². The minimum absolute atomic E-state index is 0.0864. The largest absolute Gasteiger partial charge is 0.385 e. The minimum Gasteiger partial charge on any atom is -0.385 e. The SMILES string of the molecule is Cc1nnc2n1-c1ccc(-c3cnn(C)c3)cc1C(c1ccc(NCCCCCCCC[N+](=O)[O-])cc1)=NC21CC1. The third-order valence-corrected chi connectivity index (χ3v) is 8.08. The van der Waals surface area contributed by atoms with Crippen LogP contribution in [0.1, 0.15) is 74.1 Å². The molecule has 1 spiro atoms. The summed E-state index contributed by atoms with van der Waals surface area (Å²) in [7, 11) is 1.93. The van der Waals surface area contributed by atoms with Crippen LogP contribution in [0, 0.1) is 17.0 Å². The number of nitrogens with one attached hydrogen (secondary N) is 1. The second-order valence-electron chi connectivity index (χ2n) is 11.2. The Bertz CT molecular complexity index is 1580. The van der Waals surface area contributed by atoms with E-state index >= 15 is 0 Å². The molecule has 2 aliphatic rings. The summed E-state index contributed by atoms with van der Waals surface area (Å²) in [5, 5.41) is 27.4. The molecule has 0 amide bonds. The molecule has 1 saturated carbocycles. The highest BCUT2D eigenvalue weighted by Gasteiger charge is 2.51. The Hall–Kier alpha value is -4.34. The van der Waals surface area contributed by atoms with Crippen LogP contribution in [0.4, 0.5) is 5.69 Å². The molecule has 0 bridgehead atoms. The number of hydrogen-bond acceptors (Lipinski definition) is 7. The molecule has 6 rings (SSSR count).